The molecule has 0 saturated carbocycles. The number of carboxylic acid groups (broad SMARTS) is 1. The SMILES string of the molecule is CC1(C)OB(C(F)=Cc2c(O)cccc2OCc2ccc(C(=O)O)cc2)OC1(C)C. The average molecular weight is 414 g/mol. The molecular formula is C22H24BFO6. The summed E-state index contributed by atoms with van der Waals surface area (Å²) in [5.74, 6) is -0.898. The minimum Gasteiger partial charge on any atom is -0.507 e. The van der Waals surface area contributed by atoms with E-state index < -0.39 is 30.0 Å². The fourth-order valence-corrected chi connectivity index (χ4v) is 2.87. The Hall–Kier alpha value is -2.84. The Morgan fingerprint density at radius 1 is 1.10 bits per heavy atom. The monoisotopic (exact) mass is 414 g/mol. The van der Waals surface area contributed by atoms with Gasteiger partial charge in [0.05, 0.1) is 22.3 Å². The lowest BCUT2D eigenvalue weighted by Gasteiger charge is -2.32. The molecule has 1 heterocycles. The third kappa shape index (κ3) is 4.50. The van der Waals surface area contributed by atoms with Gasteiger partial charge >= 0.3 is 13.1 Å². The Bertz CT molecular complexity index is 952. The van der Waals surface area contributed by atoms with Crippen LogP contribution in [0.25, 0.3) is 6.08 Å². The standard InChI is InChI=1S/C22H24BFO6/c1-21(2)22(3,4)30-23(29-21)19(24)12-16-17(25)6-5-7-18(16)28-13-14-8-10-15(11-9-14)20(26)27/h5-12,25H,13H2,1-4H3,(H,26,27). The zero-order valence-electron chi connectivity index (χ0n) is 17.3. The molecule has 0 aromatic heterocycles. The van der Waals surface area contributed by atoms with Crippen molar-refractivity contribution in [3.63, 3.8) is 0 Å². The minimum absolute atomic E-state index is 0.113. The second-order valence-corrected chi connectivity index (χ2v) is 8.10. The number of carboxylic acids is 1. The number of hydrogen-bond acceptors (Lipinski definition) is 5. The number of hydrogen-bond donors (Lipinski definition) is 2. The third-order valence-electron chi connectivity index (χ3n) is 5.40. The van der Waals surface area contributed by atoms with E-state index in [1.807, 2.05) is 27.7 Å². The van der Waals surface area contributed by atoms with E-state index in [-0.39, 0.29) is 29.2 Å². The molecular weight excluding hydrogens is 390 g/mol. The van der Waals surface area contributed by atoms with Gasteiger partial charge in [-0.2, -0.15) is 0 Å². The van der Waals surface area contributed by atoms with E-state index >= 15 is 0 Å². The molecule has 2 aromatic rings. The van der Waals surface area contributed by atoms with Crippen molar-refractivity contribution in [3.8, 4) is 11.5 Å². The van der Waals surface area contributed by atoms with Crippen LogP contribution in [0.2, 0.25) is 0 Å². The number of benzene rings is 2. The highest BCUT2D eigenvalue weighted by Gasteiger charge is 2.53. The number of aromatic carboxylic acids is 1. The molecule has 1 fully saturated rings. The van der Waals surface area contributed by atoms with E-state index in [0.717, 1.165) is 11.6 Å². The molecule has 2 N–H and O–H groups in total. The van der Waals surface area contributed by atoms with Crippen LogP contribution in [0.1, 0.15) is 49.2 Å². The summed E-state index contributed by atoms with van der Waals surface area (Å²) >= 11 is 0. The molecule has 0 atom stereocenters. The molecule has 1 aliphatic rings. The Balaban J connectivity index is 1.79. The quantitative estimate of drug-likeness (QED) is 0.672. The van der Waals surface area contributed by atoms with E-state index in [9.17, 15) is 14.3 Å². The highest BCUT2D eigenvalue weighted by molar-refractivity contribution is 6.54. The van der Waals surface area contributed by atoms with Crippen molar-refractivity contribution in [2.24, 2.45) is 0 Å². The van der Waals surface area contributed by atoms with Gasteiger partial charge in [-0.25, -0.2) is 9.18 Å². The first-order chi connectivity index (χ1) is 14.0. The van der Waals surface area contributed by atoms with E-state index in [4.69, 9.17) is 19.2 Å². The maximum absolute atomic E-state index is 14.9. The molecule has 0 spiro atoms. The molecule has 0 aliphatic carbocycles. The van der Waals surface area contributed by atoms with Gasteiger partial charge in [-0.1, -0.05) is 18.2 Å². The van der Waals surface area contributed by atoms with Crippen LogP contribution in [0.15, 0.2) is 48.2 Å². The molecule has 1 saturated heterocycles. The van der Waals surface area contributed by atoms with Crippen LogP contribution in [-0.2, 0) is 15.9 Å². The van der Waals surface area contributed by atoms with E-state index in [1.54, 1.807) is 24.3 Å². The van der Waals surface area contributed by atoms with E-state index in [2.05, 4.69) is 0 Å². The predicted octanol–water partition coefficient (Wildman–Crippen LogP) is 4.61. The molecule has 2 aromatic carbocycles. The lowest BCUT2D eigenvalue weighted by Crippen LogP contribution is -2.41. The third-order valence-corrected chi connectivity index (χ3v) is 5.40. The second-order valence-electron chi connectivity index (χ2n) is 8.10. The van der Waals surface area contributed by atoms with Gasteiger partial charge in [-0.15, -0.1) is 0 Å². The molecule has 0 unspecified atom stereocenters. The predicted molar refractivity (Wildman–Crippen MR) is 111 cm³/mol. The molecule has 30 heavy (non-hydrogen) atoms. The molecule has 6 nitrogen and oxygen atoms in total. The normalized spacial score (nSPS) is 17.8. The number of aromatic hydroxyl groups is 1. The Morgan fingerprint density at radius 2 is 1.70 bits per heavy atom. The number of halogens is 1. The van der Waals surface area contributed by atoms with Crippen molar-refractivity contribution in [3.05, 3.63) is 64.9 Å². The summed E-state index contributed by atoms with van der Waals surface area (Å²) in [7, 11) is -1.19. The van der Waals surface area contributed by atoms with Crippen LogP contribution < -0.4 is 4.74 Å². The Kier molecular flexibility index (Phi) is 5.92. The van der Waals surface area contributed by atoms with Gasteiger partial charge in [0.25, 0.3) is 0 Å². The van der Waals surface area contributed by atoms with Gasteiger partial charge in [-0.3, -0.25) is 0 Å². The summed E-state index contributed by atoms with van der Waals surface area (Å²) in [5, 5.41) is 19.2. The second kappa shape index (κ2) is 8.12. The van der Waals surface area contributed by atoms with Crippen LogP contribution in [0, 0.1) is 0 Å². The summed E-state index contributed by atoms with van der Waals surface area (Å²) in [5.41, 5.74) is -1.02. The van der Waals surface area contributed by atoms with Gasteiger partial charge in [0.1, 0.15) is 23.8 Å². The first kappa shape index (κ1) is 21.9. The summed E-state index contributed by atoms with van der Waals surface area (Å²) in [6, 6.07) is 10.8. The number of ether oxygens (including phenoxy) is 1. The van der Waals surface area contributed by atoms with Crippen molar-refractivity contribution in [1.82, 2.24) is 0 Å². The fraction of sp³-hybridized carbons (Fsp3) is 0.318. The van der Waals surface area contributed by atoms with E-state index in [0.29, 0.717) is 0 Å². The van der Waals surface area contributed by atoms with Gasteiger partial charge in [0.2, 0.25) is 0 Å². The zero-order valence-corrected chi connectivity index (χ0v) is 17.3. The first-order valence-corrected chi connectivity index (χ1v) is 9.50. The van der Waals surface area contributed by atoms with Gasteiger partial charge in [0, 0.05) is 0 Å². The molecule has 3 rings (SSSR count). The van der Waals surface area contributed by atoms with Gasteiger partial charge in [-0.05, 0) is 63.6 Å². The Morgan fingerprint density at radius 3 is 2.27 bits per heavy atom. The van der Waals surface area contributed by atoms with Crippen LogP contribution >= 0.6 is 0 Å². The van der Waals surface area contributed by atoms with Crippen LogP contribution in [0.4, 0.5) is 4.39 Å². The summed E-state index contributed by atoms with van der Waals surface area (Å²) in [4.78, 5) is 10.9. The maximum Gasteiger partial charge on any atom is 0.525 e. The molecule has 0 radical (unpaired) electrons. The highest BCUT2D eigenvalue weighted by Crippen LogP contribution is 2.40. The molecule has 0 bridgehead atoms. The van der Waals surface area contributed by atoms with E-state index in [1.165, 1.54) is 18.2 Å². The average Bonchev–Trinajstić information content (AvgIpc) is 2.90. The number of carbonyl (C=O) groups is 1. The summed E-state index contributed by atoms with van der Waals surface area (Å²) in [6.45, 7) is 7.41. The summed E-state index contributed by atoms with van der Waals surface area (Å²) in [6.07, 6.45) is 1.14. The molecule has 1 aliphatic heterocycles. The first-order valence-electron chi connectivity index (χ1n) is 9.50. The lowest BCUT2D eigenvalue weighted by atomic mass is 9.86. The fourth-order valence-electron chi connectivity index (χ4n) is 2.87. The number of rotatable bonds is 6. The minimum atomic E-state index is -1.19. The van der Waals surface area contributed by atoms with Crippen molar-refractivity contribution in [1.29, 1.82) is 0 Å². The van der Waals surface area contributed by atoms with Gasteiger partial charge in [0.15, 0.2) is 0 Å². The maximum atomic E-state index is 14.9. The lowest BCUT2D eigenvalue weighted by molar-refractivity contribution is 0.00578. The topological polar surface area (TPSA) is 85.2 Å². The molecule has 0 amide bonds. The van der Waals surface area contributed by atoms with Crippen LogP contribution in [-0.4, -0.2) is 34.5 Å². The van der Waals surface area contributed by atoms with Gasteiger partial charge < -0.3 is 24.3 Å². The number of phenolic OH excluding ortho intramolecular Hbond substituents is 1. The van der Waals surface area contributed by atoms with Crippen molar-refractivity contribution in [2.75, 3.05) is 0 Å². The number of phenols is 1. The molecule has 158 valence electrons. The van der Waals surface area contributed by atoms with Crippen molar-refractivity contribution >= 4 is 19.2 Å². The van der Waals surface area contributed by atoms with Crippen molar-refractivity contribution < 1.29 is 33.4 Å². The highest BCUT2D eigenvalue weighted by atomic mass is 19.1. The zero-order chi connectivity index (χ0) is 22.1. The summed E-state index contributed by atoms with van der Waals surface area (Å²) < 4.78 is 32.1. The van der Waals surface area contributed by atoms with Crippen LogP contribution in [0.5, 0.6) is 11.5 Å². The largest absolute Gasteiger partial charge is 0.525 e. The van der Waals surface area contributed by atoms with Crippen LogP contribution in [0.3, 0.4) is 0 Å². The smallest absolute Gasteiger partial charge is 0.507 e. The molecule has 8 heteroatoms. The van der Waals surface area contributed by atoms with Crippen molar-refractivity contribution in [2.45, 2.75) is 45.5 Å². The Labute approximate surface area is 175 Å².